The summed E-state index contributed by atoms with van der Waals surface area (Å²) in [7, 11) is 0. The minimum absolute atomic E-state index is 0.0796. The first-order chi connectivity index (χ1) is 17.9. The van der Waals surface area contributed by atoms with Crippen LogP contribution < -0.4 is 10.1 Å². The van der Waals surface area contributed by atoms with E-state index in [0.717, 1.165) is 12.1 Å². The Balaban J connectivity index is 1.70. The first-order valence-corrected chi connectivity index (χ1v) is 12.3. The summed E-state index contributed by atoms with van der Waals surface area (Å²) in [5, 5.41) is 2.47. The van der Waals surface area contributed by atoms with E-state index in [1.54, 1.807) is 32.0 Å². The molecular formula is C28H23Cl2F2NO5. The van der Waals surface area contributed by atoms with Crippen molar-refractivity contribution in [2.75, 3.05) is 0 Å². The van der Waals surface area contributed by atoms with Gasteiger partial charge in [0.05, 0.1) is 22.5 Å². The van der Waals surface area contributed by atoms with E-state index in [4.69, 9.17) is 32.7 Å². The monoisotopic (exact) mass is 565 g/mol. The number of ketones is 1. The van der Waals surface area contributed by atoms with Gasteiger partial charge in [-0.15, -0.1) is 0 Å². The summed E-state index contributed by atoms with van der Waals surface area (Å²) in [5.74, 6) is -2.41. The molecular weight excluding hydrogens is 543 g/mol. The molecule has 0 aliphatic carbocycles. The average Bonchev–Trinajstić information content (AvgIpc) is 2.84. The summed E-state index contributed by atoms with van der Waals surface area (Å²) in [6.07, 6.45) is -1.28. The van der Waals surface area contributed by atoms with Gasteiger partial charge in [-0.3, -0.25) is 14.4 Å². The van der Waals surface area contributed by atoms with Gasteiger partial charge in [0.1, 0.15) is 23.0 Å². The van der Waals surface area contributed by atoms with E-state index in [0.29, 0.717) is 22.4 Å². The van der Waals surface area contributed by atoms with Gasteiger partial charge in [-0.25, -0.2) is 8.78 Å². The molecule has 3 aromatic rings. The lowest BCUT2D eigenvalue weighted by Gasteiger charge is -2.44. The predicted octanol–water partition coefficient (Wildman–Crippen LogP) is 6.27. The summed E-state index contributed by atoms with van der Waals surface area (Å²) in [6.45, 7) is 4.78. The van der Waals surface area contributed by atoms with Gasteiger partial charge in [-0.1, -0.05) is 29.3 Å². The number of carbonyl (C=O) groups is 3. The molecule has 1 aliphatic rings. The summed E-state index contributed by atoms with van der Waals surface area (Å²) >= 11 is 11.7. The van der Waals surface area contributed by atoms with Crippen molar-refractivity contribution in [2.45, 2.75) is 44.9 Å². The highest BCUT2D eigenvalue weighted by Gasteiger charge is 2.47. The highest BCUT2D eigenvalue weighted by molar-refractivity contribution is 6.31. The van der Waals surface area contributed by atoms with Crippen molar-refractivity contribution in [1.82, 2.24) is 5.32 Å². The van der Waals surface area contributed by atoms with E-state index in [9.17, 15) is 23.2 Å². The van der Waals surface area contributed by atoms with Crippen LogP contribution in [-0.4, -0.2) is 29.4 Å². The van der Waals surface area contributed by atoms with Crippen LogP contribution in [0.2, 0.25) is 10.0 Å². The smallest absolute Gasteiger partial charge is 0.310 e. The van der Waals surface area contributed by atoms with Crippen LogP contribution in [-0.2, 0) is 16.0 Å². The molecule has 198 valence electrons. The standard InChI is InChI=1S/C28H23Cl2F2NO5/c1-14(34)16-6-9-23-18(12-16)25(33-27(36)17-5-8-22(32)20(30)13-17)26(28(2,3)38-23)37-24(35)11-15-4-7-21(31)19(29)10-15/h4-10,12-13,25-26H,11H2,1-3H3,(H,33,36)/t25-,26-/m0/s1/i11+2,17+2. The van der Waals surface area contributed by atoms with Gasteiger partial charge in [0, 0.05) is 16.7 Å². The number of ether oxygens (including phenoxy) is 2. The number of fused-ring (bicyclic) bond motifs is 1. The number of amides is 1. The number of esters is 1. The van der Waals surface area contributed by atoms with Crippen LogP contribution in [0.15, 0.2) is 54.6 Å². The molecule has 3 aromatic carbocycles. The predicted molar refractivity (Wildman–Crippen MR) is 138 cm³/mol. The fourth-order valence-corrected chi connectivity index (χ4v) is 4.62. The van der Waals surface area contributed by atoms with Gasteiger partial charge in [0.15, 0.2) is 11.9 Å². The van der Waals surface area contributed by atoms with Gasteiger partial charge >= 0.3 is 5.97 Å². The third-order valence-electron chi connectivity index (χ3n) is 6.17. The number of rotatable bonds is 6. The van der Waals surface area contributed by atoms with Gasteiger partial charge in [0.25, 0.3) is 5.91 Å². The number of Topliss-reactive ketones (excluding diaryl/α,β-unsaturated/α-hetero) is 1. The molecule has 1 N–H and O–H groups in total. The van der Waals surface area contributed by atoms with Crippen LogP contribution >= 0.6 is 23.2 Å². The first-order valence-electron chi connectivity index (χ1n) is 11.6. The highest BCUT2D eigenvalue weighted by atomic mass is 35.5. The van der Waals surface area contributed by atoms with E-state index >= 15 is 0 Å². The minimum Gasteiger partial charge on any atom is -0.484 e. The average molecular weight is 566 g/mol. The van der Waals surface area contributed by atoms with E-state index in [1.165, 1.54) is 31.2 Å². The van der Waals surface area contributed by atoms with Crippen molar-refractivity contribution in [2.24, 2.45) is 0 Å². The Labute approximate surface area is 227 Å². The number of nitrogens with one attached hydrogen (secondary N) is 1. The molecule has 4 rings (SSSR count). The van der Waals surface area contributed by atoms with Crippen molar-refractivity contribution < 1.29 is 32.6 Å². The normalized spacial score (nSPS) is 17.7. The van der Waals surface area contributed by atoms with Crippen molar-refractivity contribution in [3.05, 3.63) is 98.5 Å². The van der Waals surface area contributed by atoms with Crippen LogP contribution in [0.4, 0.5) is 8.78 Å². The third-order valence-corrected chi connectivity index (χ3v) is 6.75. The number of benzene rings is 3. The molecule has 0 aromatic heterocycles. The van der Waals surface area contributed by atoms with Gasteiger partial charge < -0.3 is 14.8 Å². The number of carbonyl (C=O) groups excluding carboxylic acids is 3. The molecule has 0 unspecified atom stereocenters. The Bertz CT molecular complexity index is 1440. The summed E-state index contributed by atoms with van der Waals surface area (Å²) in [4.78, 5) is 38.3. The molecule has 0 fully saturated rings. The minimum atomic E-state index is -1.13. The van der Waals surface area contributed by atoms with Crippen molar-refractivity contribution in [3.8, 4) is 5.75 Å². The zero-order valence-electron chi connectivity index (χ0n) is 20.6. The molecule has 1 heterocycles. The Kier molecular flexibility index (Phi) is 7.76. The molecule has 0 bridgehead atoms. The van der Waals surface area contributed by atoms with Crippen LogP contribution in [0, 0.1) is 11.6 Å². The van der Waals surface area contributed by atoms with Crippen LogP contribution in [0.3, 0.4) is 0 Å². The maximum absolute atomic E-state index is 13.7. The second-order valence-corrected chi connectivity index (χ2v) is 10.2. The summed E-state index contributed by atoms with van der Waals surface area (Å²) < 4.78 is 39.2. The molecule has 1 aliphatic heterocycles. The molecule has 0 saturated carbocycles. The van der Waals surface area contributed by atoms with Crippen LogP contribution in [0.1, 0.15) is 58.7 Å². The fourth-order valence-electron chi connectivity index (χ4n) is 4.23. The van der Waals surface area contributed by atoms with E-state index < -0.39 is 41.3 Å². The molecule has 0 spiro atoms. The van der Waals surface area contributed by atoms with Gasteiger partial charge in [-0.05, 0) is 74.9 Å². The Hall–Kier alpha value is -3.49. The lowest BCUT2D eigenvalue weighted by atomic mass is 9.85. The fraction of sp³-hybridized carbons (Fsp3) is 0.250. The Morgan fingerprint density at radius 3 is 2.42 bits per heavy atom. The molecule has 1 amide bonds. The summed E-state index contributed by atoms with van der Waals surface area (Å²) in [6, 6.07) is 11.2. The quantitative estimate of drug-likeness (QED) is 0.281. The SMILES string of the molecule is CC(=O)c1ccc2c(c1)[C@H](NC(=O)[14c]1ccc(F)c(Cl)c1)[C@H](OC(=O)[14CH2]c1ccc(F)c(Cl)c1)C(C)(C)O2. The van der Waals surface area contributed by atoms with Crippen molar-refractivity contribution in [3.63, 3.8) is 0 Å². The second-order valence-electron chi connectivity index (χ2n) is 9.43. The Morgan fingerprint density at radius 1 is 1.05 bits per heavy atom. The summed E-state index contributed by atoms with van der Waals surface area (Å²) in [5.41, 5.74) is 0.162. The number of hydrogen-bond acceptors (Lipinski definition) is 5. The zero-order valence-corrected chi connectivity index (χ0v) is 22.1. The lowest BCUT2D eigenvalue weighted by Crippen LogP contribution is -2.55. The molecule has 2 atom stereocenters. The first kappa shape index (κ1) is 27.5. The number of halogens is 4. The third kappa shape index (κ3) is 5.81. The van der Waals surface area contributed by atoms with Crippen molar-refractivity contribution in [1.29, 1.82) is 0 Å². The molecule has 0 radical (unpaired) electrons. The number of hydrogen-bond donors (Lipinski definition) is 1. The van der Waals surface area contributed by atoms with Crippen LogP contribution in [0.5, 0.6) is 5.75 Å². The highest BCUT2D eigenvalue weighted by Crippen LogP contribution is 2.42. The molecule has 6 nitrogen and oxygen atoms in total. The van der Waals surface area contributed by atoms with Gasteiger partial charge in [-0.2, -0.15) is 0 Å². The van der Waals surface area contributed by atoms with E-state index in [-0.39, 0.29) is 27.8 Å². The van der Waals surface area contributed by atoms with Crippen LogP contribution in [0.25, 0.3) is 0 Å². The molecule has 10 heteroatoms. The molecule has 0 saturated heterocycles. The Morgan fingerprint density at radius 2 is 1.76 bits per heavy atom. The maximum Gasteiger partial charge on any atom is 0.310 e. The topological polar surface area (TPSA) is 81.7 Å². The van der Waals surface area contributed by atoms with Crippen molar-refractivity contribution >= 4 is 40.9 Å². The van der Waals surface area contributed by atoms with Gasteiger partial charge in [0.2, 0.25) is 0 Å². The zero-order chi connectivity index (χ0) is 27.8. The van der Waals surface area contributed by atoms with E-state index in [1.807, 2.05) is 0 Å². The van der Waals surface area contributed by atoms with E-state index in [2.05, 4.69) is 5.32 Å². The second kappa shape index (κ2) is 10.7. The lowest BCUT2D eigenvalue weighted by molar-refractivity contribution is -0.164. The largest absolute Gasteiger partial charge is 0.484 e. The molecule has 38 heavy (non-hydrogen) atoms. The maximum atomic E-state index is 13.7.